The van der Waals surface area contributed by atoms with E-state index in [0.717, 1.165) is 49.8 Å². The summed E-state index contributed by atoms with van der Waals surface area (Å²) in [4.78, 5) is 27.4. The molecule has 2 aromatic carbocycles. The fourth-order valence-electron chi connectivity index (χ4n) is 7.00. The highest BCUT2D eigenvalue weighted by Gasteiger charge is 2.55. The molecule has 6 nitrogen and oxygen atoms in total. The first kappa shape index (κ1) is 25.6. The molecule has 1 saturated carbocycles. The van der Waals surface area contributed by atoms with Crippen LogP contribution in [-0.2, 0) is 32.7 Å². The monoisotopic (exact) mass is 505 g/mol. The first-order chi connectivity index (χ1) is 18.1. The maximum absolute atomic E-state index is 13.2. The van der Waals surface area contributed by atoms with Crippen LogP contribution in [0, 0.1) is 11.8 Å². The number of nitrogens with zero attached hydrogens (tertiary/aromatic N) is 1. The number of hydrogen-bond acceptors (Lipinski definition) is 5. The summed E-state index contributed by atoms with van der Waals surface area (Å²) in [6.07, 6.45) is 7.81. The van der Waals surface area contributed by atoms with Crippen LogP contribution in [0.4, 0.5) is 4.79 Å². The Morgan fingerprint density at radius 2 is 1.84 bits per heavy atom. The lowest BCUT2D eigenvalue weighted by Crippen LogP contribution is -2.62. The molecule has 1 amide bonds. The van der Waals surface area contributed by atoms with E-state index in [-0.39, 0.29) is 36.2 Å². The molecule has 5 rings (SSSR count). The van der Waals surface area contributed by atoms with Gasteiger partial charge in [-0.05, 0) is 73.3 Å². The molecule has 1 saturated heterocycles. The first-order valence-electron chi connectivity index (χ1n) is 14.0. The maximum Gasteiger partial charge on any atom is 0.410 e. The Bertz CT molecular complexity index is 1100. The molecular formula is C31H39NO5. The second-order valence-corrected chi connectivity index (χ2v) is 10.8. The molecule has 6 heteroatoms. The van der Waals surface area contributed by atoms with Crippen molar-refractivity contribution in [2.75, 3.05) is 13.3 Å². The minimum absolute atomic E-state index is 0.0613. The summed E-state index contributed by atoms with van der Waals surface area (Å²) in [6.45, 7) is 4.96. The largest absolute Gasteiger partial charge is 0.457 e. The van der Waals surface area contributed by atoms with E-state index >= 15 is 0 Å². The van der Waals surface area contributed by atoms with Crippen molar-refractivity contribution in [1.29, 1.82) is 0 Å². The maximum atomic E-state index is 13.2. The SMILES string of the molecule is CCC(CC)C(=O)OCOc1ccc2c(c1)[C@@]13CCCC[C@H]1[C@@H](C2)N(C(=O)OCc1ccccc1)CC3. The van der Waals surface area contributed by atoms with Crippen molar-refractivity contribution in [3.8, 4) is 5.75 Å². The zero-order valence-corrected chi connectivity index (χ0v) is 22.1. The fourth-order valence-corrected chi connectivity index (χ4v) is 7.00. The van der Waals surface area contributed by atoms with Crippen molar-refractivity contribution in [3.05, 3.63) is 65.2 Å². The van der Waals surface area contributed by atoms with Crippen molar-refractivity contribution >= 4 is 12.1 Å². The van der Waals surface area contributed by atoms with E-state index in [1.54, 1.807) is 0 Å². The van der Waals surface area contributed by atoms with Crippen LogP contribution in [-0.4, -0.2) is 36.3 Å². The lowest BCUT2D eigenvalue weighted by atomic mass is 9.52. The predicted octanol–water partition coefficient (Wildman–Crippen LogP) is 6.40. The third-order valence-corrected chi connectivity index (χ3v) is 8.99. The molecule has 1 heterocycles. The van der Waals surface area contributed by atoms with E-state index in [9.17, 15) is 9.59 Å². The van der Waals surface area contributed by atoms with Gasteiger partial charge in [-0.1, -0.05) is 63.1 Å². The first-order valence-corrected chi connectivity index (χ1v) is 14.0. The number of esters is 1. The summed E-state index contributed by atoms with van der Waals surface area (Å²) >= 11 is 0. The third kappa shape index (κ3) is 5.07. The molecule has 2 fully saturated rings. The van der Waals surface area contributed by atoms with Gasteiger partial charge in [0.05, 0.1) is 5.92 Å². The van der Waals surface area contributed by atoms with Crippen LogP contribution in [0.5, 0.6) is 5.75 Å². The summed E-state index contributed by atoms with van der Waals surface area (Å²) < 4.78 is 17.1. The summed E-state index contributed by atoms with van der Waals surface area (Å²) in [7, 11) is 0. The van der Waals surface area contributed by atoms with Crippen LogP contribution in [0.2, 0.25) is 0 Å². The minimum Gasteiger partial charge on any atom is -0.457 e. The quantitative estimate of drug-likeness (QED) is 0.307. The van der Waals surface area contributed by atoms with E-state index in [1.165, 1.54) is 24.0 Å². The van der Waals surface area contributed by atoms with Gasteiger partial charge in [0.15, 0.2) is 0 Å². The van der Waals surface area contributed by atoms with E-state index < -0.39 is 0 Å². The molecule has 3 atom stereocenters. The summed E-state index contributed by atoms with van der Waals surface area (Å²) in [5, 5.41) is 0. The molecule has 1 aliphatic heterocycles. The molecular weight excluding hydrogens is 466 g/mol. The van der Waals surface area contributed by atoms with Crippen molar-refractivity contribution in [1.82, 2.24) is 4.90 Å². The molecule has 2 bridgehead atoms. The van der Waals surface area contributed by atoms with E-state index in [2.05, 4.69) is 12.1 Å². The molecule has 3 aliphatic rings. The Balaban J connectivity index is 1.30. The zero-order chi connectivity index (χ0) is 25.8. The molecule has 0 spiro atoms. The smallest absolute Gasteiger partial charge is 0.410 e. The zero-order valence-electron chi connectivity index (χ0n) is 22.1. The van der Waals surface area contributed by atoms with Crippen LogP contribution >= 0.6 is 0 Å². The molecule has 198 valence electrons. The second-order valence-electron chi connectivity index (χ2n) is 10.8. The molecule has 0 N–H and O–H groups in total. The van der Waals surface area contributed by atoms with Gasteiger partial charge in [0.2, 0.25) is 6.79 Å². The lowest BCUT2D eigenvalue weighted by Gasteiger charge is -2.58. The number of fused-ring (bicyclic) bond motifs is 1. The van der Waals surface area contributed by atoms with Gasteiger partial charge in [0, 0.05) is 18.0 Å². The van der Waals surface area contributed by atoms with E-state index in [0.29, 0.717) is 19.1 Å². The number of hydrogen-bond donors (Lipinski definition) is 0. The van der Waals surface area contributed by atoms with Gasteiger partial charge in [0.25, 0.3) is 0 Å². The molecule has 0 aromatic heterocycles. The average Bonchev–Trinajstić information content (AvgIpc) is 2.93. The standard InChI is InChI=1S/C31H39NO5/c1-3-23(4-2)29(33)37-21-36-25-14-13-24-18-28-26-12-8-9-15-31(26,27(24)19-25)16-17-32(28)30(34)35-20-22-10-6-5-7-11-22/h5-7,10-11,13-14,19,23,26,28H,3-4,8-9,12,15-18,20-21H2,1-2H3/t26-,28+,31+/m0/s1. The average molecular weight is 506 g/mol. The number of ether oxygens (including phenoxy) is 3. The van der Waals surface area contributed by atoms with Gasteiger partial charge in [-0.3, -0.25) is 4.79 Å². The lowest BCUT2D eigenvalue weighted by molar-refractivity contribution is -0.155. The Labute approximate surface area is 220 Å². The molecule has 0 unspecified atom stereocenters. The second kappa shape index (κ2) is 11.2. The van der Waals surface area contributed by atoms with Crippen LogP contribution in [0.1, 0.15) is 75.5 Å². The van der Waals surface area contributed by atoms with Crippen LogP contribution < -0.4 is 4.74 Å². The van der Waals surface area contributed by atoms with Crippen LogP contribution in [0.3, 0.4) is 0 Å². The van der Waals surface area contributed by atoms with Crippen LogP contribution in [0.25, 0.3) is 0 Å². The summed E-state index contributed by atoms with van der Waals surface area (Å²) in [6, 6.07) is 16.3. The highest BCUT2D eigenvalue weighted by molar-refractivity contribution is 5.72. The molecule has 2 aliphatic carbocycles. The predicted molar refractivity (Wildman–Crippen MR) is 141 cm³/mol. The van der Waals surface area contributed by atoms with Gasteiger partial charge in [-0.25, -0.2) is 4.79 Å². The summed E-state index contributed by atoms with van der Waals surface area (Å²) in [5.74, 6) is 0.909. The number of amides is 1. The van der Waals surface area contributed by atoms with Crippen molar-refractivity contribution < 1.29 is 23.8 Å². The van der Waals surface area contributed by atoms with E-state index in [1.807, 2.05) is 55.1 Å². The number of carbonyl (C=O) groups excluding carboxylic acids is 2. The Morgan fingerprint density at radius 3 is 2.62 bits per heavy atom. The van der Waals surface area contributed by atoms with Gasteiger partial charge in [-0.2, -0.15) is 0 Å². The van der Waals surface area contributed by atoms with Crippen molar-refractivity contribution in [2.24, 2.45) is 11.8 Å². The van der Waals surface area contributed by atoms with Crippen molar-refractivity contribution in [3.63, 3.8) is 0 Å². The highest BCUT2D eigenvalue weighted by Crippen LogP contribution is 2.56. The number of likely N-dealkylation sites (tertiary alicyclic amines) is 1. The number of carbonyl (C=O) groups is 2. The topological polar surface area (TPSA) is 65.1 Å². The van der Waals surface area contributed by atoms with Gasteiger partial charge >= 0.3 is 12.1 Å². The Hall–Kier alpha value is -3.02. The Morgan fingerprint density at radius 1 is 1.03 bits per heavy atom. The number of piperidine rings is 1. The van der Waals surface area contributed by atoms with Crippen LogP contribution in [0.15, 0.2) is 48.5 Å². The van der Waals surface area contributed by atoms with Gasteiger partial charge < -0.3 is 19.1 Å². The van der Waals surface area contributed by atoms with E-state index in [4.69, 9.17) is 14.2 Å². The molecule has 37 heavy (non-hydrogen) atoms. The normalized spacial score (nSPS) is 24.1. The van der Waals surface area contributed by atoms with Gasteiger partial charge in [-0.15, -0.1) is 0 Å². The highest BCUT2D eigenvalue weighted by atomic mass is 16.7. The van der Waals surface area contributed by atoms with Gasteiger partial charge in [0.1, 0.15) is 12.4 Å². The Kier molecular flexibility index (Phi) is 7.73. The third-order valence-electron chi connectivity index (χ3n) is 8.99. The summed E-state index contributed by atoms with van der Waals surface area (Å²) in [5.41, 5.74) is 3.74. The molecule has 0 radical (unpaired) electrons. The number of benzene rings is 2. The minimum atomic E-state index is -0.198. The number of rotatable bonds is 8. The van der Waals surface area contributed by atoms with Crippen molar-refractivity contribution in [2.45, 2.75) is 83.3 Å². The fraction of sp³-hybridized carbons (Fsp3) is 0.548. The molecule has 2 aromatic rings.